The van der Waals surface area contributed by atoms with Gasteiger partial charge in [-0.2, -0.15) is 0 Å². The molecule has 48 valence electrons. The molecule has 0 atom stereocenters. The summed E-state index contributed by atoms with van der Waals surface area (Å²) in [6.45, 7) is 7.15. The van der Waals surface area contributed by atoms with Crippen molar-refractivity contribution < 1.29 is 9.53 Å². The van der Waals surface area contributed by atoms with E-state index in [1.807, 2.05) is 0 Å². The molecule has 2 heteroatoms. The Balaban J connectivity index is 3.95. The Bertz CT molecular complexity index is 145. The van der Waals surface area contributed by atoms with Gasteiger partial charge in [-0.1, -0.05) is 19.2 Å². The smallest absolute Gasteiger partial charge is 0.298 e. The molecule has 0 aliphatic carbocycles. The Hall–Kier alpha value is -1.31. The molecule has 0 saturated carbocycles. The van der Waals surface area contributed by atoms with Crippen LogP contribution >= 0.6 is 0 Å². The van der Waals surface area contributed by atoms with Gasteiger partial charge >= 0.3 is 0 Å². The average Bonchev–Trinajstić information content (AvgIpc) is 1.88. The van der Waals surface area contributed by atoms with Crippen LogP contribution in [0.1, 0.15) is 0 Å². The van der Waals surface area contributed by atoms with Gasteiger partial charge in [-0.3, -0.25) is 4.79 Å². The SMILES string of the molecule is C=C/C=C(\C=C)OC=O. The number of allylic oxidation sites excluding steroid dienone is 3. The van der Waals surface area contributed by atoms with Crippen LogP contribution in [0.15, 0.2) is 37.1 Å². The maximum atomic E-state index is 9.70. The summed E-state index contributed by atoms with van der Waals surface area (Å²) in [5.41, 5.74) is 0. The lowest BCUT2D eigenvalue weighted by Gasteiger charge is -1.92. The molecule has 0 saturated heterocycles. The van der Waals surface area contributed by atoms with Crippen molar-refractivity contribution in [2.24, 2.45) is 0 Å². The highest BCUT2D eigenvalue weighted by atomic mass is 16.5. The highest BCUT2D eigenvalue weighted by Gasteiger charge is 1.83. The lowest BCUT2D eigenvalue weighted by molar-refractivity contribution is -0.124. The Morgan fingerprint density at radius 1 is 1.44 bits per heavy atom. The molecule has 0 heterocycles. The van der Waals surface area contributed by atoms with Crippen LogP contribution in [0.3, 0.4) is 0 Å². The van der Waals surface area contributed by atoms with Crippen molar-refractivity contribution in [1.29, 1.82) is 0 Å². The maximum Gasteiger partial charge on any atom is 0.298 e. The summed E-state index contributed by atoms with van der Waals surface area (Å²) in [6.07, 6.45) is 4.48. The highest BCUT2D eigenvalue weighted by Crippen LogP contribution is 1.94. The van der Waals surface area contributed by atoms with E-state index >= 15 is 0 Å². The van der Waals surface area contributed by atoms with Gasteiger partial charge in [-0.25, -0.2) is 0 Å². The third-order valence-corrected chi connectivity index (χ3v) is 0.667. The summed E-state index contributed by atoms with van der Waals surface area (Å²) in [7, 11) is 0. The Kier molecular flexibility index (Phi) is 4.14. The minimum atomic E-state index is 0.344. The van der Waals surface area contributed by atoms with Crippen LogP contribution in [0, 0.1) is 0 Å². The van der Waals surface area contributed by atoms with E-state index in [-0.39, 0.29) is 0 Å². The first kappa shape index (κ1) is 7.69. The Morgan fingerprint density at radius 3 is 2.44 bits per heavy atom. The predicted molar refractivity (Wildman–Crippen MR) is 35.6 cm³/mol. The van der Waals surface area contributed by atoms with Crippen molar-refractivity contribution in [3.63, 3.8) is 0 Å². The van der Waals surface area contributed by atoms with Crippen molar-refractivity contribution in [2.45, 2.75) is 0 Å². The zero-order valence-corrected chi connectivity index (χ0v) is 5.04. The number of rotatable bonds is 4. The molecule has 0 unspecified atom stereocenters. The van der Waals surface area contributed by atoms with Gasteiger partial charge in [0.2, 0.25) is 0 Å². The average molecular weight is 124 g/mol. The predicted octanol–water partition coefficient (Wildman–Crippen LogP) is 1.42. The minimum Gasteiger partial charge on any atom is -0.429 e. The van der Waals surface area contributed by atoms with Crippen LogP contribution in [-0.4, -0.2) is 6.47 Å². The van der Waals surface area contributed by atoms with E-state index in [1.165, 1.54) is 12.2 Å². The van der Waals surface area contributed by atoms with E-state index < -0.39 is 0 Å². The van der Waals surface area contributed by atoms with Crippen molar-refractivity contribution in [2.75, 3.05) is 0 Å². The fourth-order valence-corrected chi connectivity index (χ4v) is 0.327. The molecule has 0 N–H and O–H groups in total. The van der Waals surface area contributed by atoms with Crippen LogP contribution in [-0.2, 0) is 9.53 Å². The number of hydrogen-bond donors (Lipinski definition) is 0. The summed E-state index contributed by atoms with van der Waals surface area (Å²) >= 11 is 0. The third-order valence-electron chi connectivity index (χ3n) is 0.667. The molecule has 0 bridgehead atoms. The maximum absolute atomic E-state index is 9.70. The molecule has 0 aromatic rings. The standard InChI is InChI=1S/C7H8O2/c1-3-5-7(4-2)9-6-8/h3-6H,1-2H2/b7-5+. The first-order valence-corrected chi connectivity index (χ1v) is 2.40. The summed E-state index contributed by atoms with van der Waals surface area (Å²) in [5.74, 6) is 0.403. The van der Waals surface area contributed by atoms with E-state index in [0.717, 1.165) is 0 Å². The second-order valence-electron chi connectivity index (χ2n) is 1.22. The first-order valence-electron chi connectivity index (χ1n) is 2.40. The minimum absolute atomic E-state index is 0.344. The molecule has 0 radical (unpaired) electrons. The summed E-state index contributed by atoms with van der Waals surface area (Å²) < 4.78 is 4.42. The van der Waals surface area contributed by atoms with Crippen LogP contribution in [0.25, 0.3) is 0 Å². The fraction of sp³-hybridized carbons (Fsp3) is 0. The number of hydrogen-bond acceptors (Lipinski definition) is 2. The van der Waals surface area contributed by atoms with E-state index in [4.69, 9.17) is 0 Å². The van der Waals surface area contributed by atoms with Gasteiger partial charge in [0.1, 0.15) is 5.76 Å². The Morgan fingerprint density at radius 2 is 2.11 bits per heavy atom. The van der Waals surface area contributed by atoms with E-state index in [2.05, 4.69) is 17.9 Å². The fourth-order valence-electron chi connectivity index (χ4n) is 0.327. The van der Waals surface area contributed by atoms with E-state index in [1.54, 1.807) is 6.08 Å². The van der Waals surface area contributed by atoms with Gasteiger partial charge < -0.3 is 4.74 Å². The number of carbonyl (C=O) groups excluding carboxylic acids is 1. The molecular weight excluding hydrogens is 116 g/mol. The van der Waals surface area contributed by atoms with E-state index in [0.29, 0.717) is 12.2 Å². The van der Waals surface area contributed by atoms with Crippen LogP contribution in [0.4, 0.5) is 0 Å². The number of ether oxygens (including phenoxy) is 1. The van der Waals surface area contributed by atoms with Crippen LogP contribution < -0.4 is 0 Å². The van der Waals surface area contributed by atoms with Crippen molar-refractivity contribution in [1.82, 2.24) is 0 Å². The van der Waals surface area contributed by atoms with Crippen molar-refractivity contribution in [3.05, 3.63) is 37.1 Å². The summed E-state index contributed by atoms with van der Waals surface area (Å²) in [5, 5.41) is 0. The zero-order valence-electron chi connectivity index (χ0n) is 5.04. The first-order chi connectivity index (χ1) is 4.35. The molecule has 0 spiro atoms. The topological polar surface area (TPSA) is 26.3 Å². The van der Waals surface area contributed by atoms with Gasteiger partial charge in [-0.05, 0) is 12.2 Å². The second-order valence-corrected chi connectivity index (χ2v) is 1.22. The molecule has 0 amide bonds. The van der Waals surface area contributed by atoms with Crippen LogP contribution in [0.5, 0.6) is 0 Å². The molecule has 0 aromatic heterocycles. The van der Waals surface area contributed by atoms with Crippen molar-refractivity contribution in [3.8, 4) is 0 Å². The largest absolute Gasteiger partial charge is 0.429 e. The van der Waals surface area contributed by atoms with Gasteiger partial charge in [0.25, 0.3) is 6.47 Å². The molecule has 9 heavy (non-hydrogen) atoms. The lowest BCUT2D eigenvalue weighted by atomic mass is 10.4. The van der Waals surface area contributed by atoms with E-state index in [9.17, 15) is 4.79 Å². The normalized spacial score (nSPS) is 10.0. The molecule has 0 aliphatic rings. The molecule has 0 aromatic carbocycles. The lowest BCUT2D eigenvalue weighted by Crippen LogP contribution is -1.82. The molecule has 0 aliphatic heterocycles. The second kappa shape index (κ2) is 4.84. The zero-order chi connectivity index (χ0) is 7.11. The van der Waals surface area contributed by atoms with Gasteiger partial charge in [-0.15, -0.1) is 0 Å². The third kappa shape index (κ3) is 3.29. The van der Waals surface area contributed by atoms with Gasteiger partial charge in [0.15, 0.2) is 0 Å². The molecule has 2 nitrogen and oxygen atoms in total. The van der Waals surface area contributed by atoms with Crippen LogP contribution in [0.2, 0.25) is 0 Å². The summed E-state index contributed by atoms with van der Waals surface area (Å²) in [6, 6.07) is 0. The van der Waals surface area contributed by atoms with Gasteiger partial charge in [0, 0.05) is 0 Å². The molecule has 0 fully saturated rings. The quantitative estimate of drug-likeness (QED) is 0.322. The van der Waals surface area contributed by atoms with Gasteiger partial charge in [0.05, 0.1) is 0 Å². The molecule has 0 rings (SSSR count). The molecular formula is C7H8O2. The monoisotopic (exact) mass is 124 g/mol. The highest BCUT2D eigenvalue weighted by molar-refractivity contribution is 5.41. The Labute approximate surface area is 54.1 Å². The number of carbonyl (C=O) groups is 1. The summed E-state index contributed by atoms with van der Waals surface area (Å²) in [4.78, 5) is 9.70. The van der Waals surface area contributed by atoms with Crippen molar-refractivity contribution >= 4 is 6.47 Å².